The molecular weight excluding hydrogens is 346 g/mol. The average Bonchev–Trinajstić information content (AvgIpc) is 2.94. The normalized spacial score (nSPS) is 16.1. The lowest BCUT2D eigenvalue weighted by molar-refractivity contribution is 0.00378. The number of rotatable bonds is 5. The number of ether oxygens (including phenoxy) is 1. The topological polar surface area (TPSA) is 55.4 Å². The molecule has 1 aliphatic rings. The third-order valence-electron chi connectivity index (χ3n) is 4.60. The van der Waals surface area contributed by atoms with Gasteiger partial charge >= 0.3 is 0 Å². The zero-order valence-electron chi connectivity index (χ0n) is 13.7. The van der Waals surface area contributed by atoms with Crippen LogP contribution in [0.3, 0.4) is 0 Å². The van der Waals surface area contributed by atoms with Crippen LogP contribution < -0.4 is 4.72 Å². The van der Waals surface area contributed by atoms with E-state index in [1.54, 1.807) is 26.2 Å². The molecule has 3 rings (SSSR count). The molecule has 0 aliphatic heterocycles. The first kappa shape index (κ1) is 17.4. The molecule has 6 heteroatoms. The highest BCUT2D eigenvalue weighted by molar-refractivity contribution is 7.89. The lowest BCUT2D eigenvalue weighted by atomic mass is 10.0. The van der Waals surface area contributed by atoms with E-state index in [1.165, 1.54) is 17.2 Å². The van der Waals surface area contributed by atoms with Gasteiger partial charge in [-0.05, 0) is 35.7 Å². The number of hydrogen-bond donors (Lipinski definition) is 1. The second-order valence-corrected chi connectivity index (χ2v) is 8.42. The van der Waals surface area contributed by atoms with Crippen molar-refractivity contribution in [3.05, 3.63) is 64.2 Å². The smallest absolute Gasteiger partial charge is 0.240 e. The van der Waals surface area contributed by atoms with E-state index in [0.29, 0.717) is 23.4 Å². The quantitative estimate of drug-likeness (QED) is 0.885. The van der Waals surface area contributed by atoms with Crippen LogP contribution >= 0.6 is 11.6 Å². The van der Waals surface area contributed by atoms with Crippen LogP contribution in [-0.4, -0.2) is 27.7 Å². The van der Waals surface area contributed by atoms with Crippen molar-refractivity contribution in [1.82, 2.24) is 4.72 Å². The van der Waals surface area contributed by atoms with Crippen molar-refractivity contribution in [3.63, 3.8) is 0 Å². The van der Waals surface area contributed by atoms with Gasteiger partial charge in [0.1, 0.15) is 0 Å². The molecule has 128 valence electrons. The van der Waals surface area contributed by atoms with Gasteiger partial charge in [0, 0.05) is 31.5 Å². The third-order valence-corrected chi connectivity index (χ3v) is 6.38. The van der Waals surface area contributed by atoms with Crippen LogP contribution in [0, 0.1) is 6.92 Å². The number of halogens is 1. The number of fused-ring (bicyclic) bond motifs is 1. The summed E-state index contributed by atoms with van der Waals surface area (Å²) >= 11 is 5.95. The fraction of sp³-hybridized carbons (Fsp3) is 0.333. The summed E-state index contributed by atoms with van der Waals surface area (Å²) in [5, 5.41) is 0.399. The fourth-order valence-corrected chi connectivity index (χ4v) is 4.79. The minimum absolute atomic E-state index is 0.205. The van der Waals surface area contributed by atoms with E-state index in [2.05, 4.69) is 16.9 Å². The van der Waals surface area contributed by atoms with Crippen LogP contribution in [0.25, 0.3) is 0 Å². The van der Waals surface area contributed by atoms with Crippen LogP contribution in [0.1, 0.15) is 16.7 Å². The molecule has 2 aromatic rings. The van der Waals surface area contributed by atoms with Gasteiger partial charge in [0.2, 0.25) is 10.0 Å². The molecule has 24 heavy (non-hydrogen) atoms. The van der Waals surface area contributed by atoms with Gasteiger partial charge in [-0.1, -0.05) is 41.9 Å². The number of aryl methyl sites for hydroxylation is 1. The monoisotopic (exact) mass is 365 g/mol. The summed E-state index contributed by atoms with van der Waals surface area (Å²) in [7, 11) is -2.02. The van der Waals surface area contributed by atoms with E-state index < -0.39 is 15.6 Å². The van der Waals surface area contributed by atoms with Crippen molar-refractivity contribution in [1.29, 1.82) is 0 Å². The molecule has 0 fully saturated rings. The number of sulfonamides is 1. The predicted molar refractivity (Wildman–Crippen MR) is 95.0 cm³/mol. The number of benzene rings is 2. The van der Waals surface area contributed by atoms with Gasteiger partial charge in [-0.2, -0.15) is 0 Å². The molecule has 0 heterocycles. The first-order chi connectivity index (χ1) is 11.4. The predicted octanol–water partition coefficient (Wildman–Crippen LogP) is 3.11. The fourth-order valence-electron chi connectivity index (χ4n) is 3.17. The van der Waals surface area contributed by atoms with E-state index in [9.17, 15) is 8.42 Å². The molecule has 0 spiro atoms. The van der Waals surface area contributed by atoms with E-state index >= 15 is 0 Å². The minimum Gasteiger partial charge on any atom is -0.376 e. The number of hydrogen-bond acceptors (Lipinski definition) is 3. The second kappa shape index (κ2) is 6.48. The number of methoxy groups -OCH3 is 1. The van der Waals surface area contributed by atoms with Crippen LogP contribution in [0.15, 0.2) is 47.4 Å². The Morgan fingerprint density at radius 1 is 1.17 bits per heavy atom. The highest BCUT2D eigenvalue weighted by atomic mass is 35.5. The van der Waals surface area contributed by atoms with Crippen molar-refractivity contribution < 1.29 is 13.2 Å². The van der Waals surface area contributed by atoms with E-state index in [4.69, 9.17) is 16.3 Å². The lowest BCUT2D eigenvalue weighted by Crippen LogP contribution is -2.45. The van der Waals surface area contributed by atoms with Gasteiger partial charge in [0.05, 0.1) is 10.5 Å². The Morgan fingerprint density at radius 3 is 2.38 bits per heavy atom. The standard InChI is InChI=1S/C18H20ClNO3S/c1-13-7-8-16(19)9-17(13)24(21,22)20-12-18(23-2)10-14-5-3-4-6-15(14)11-18/h3-9,20H,10-12H2,1-2H3. The molecule has 0 unspecified atom stereocenters. The maximum absolute atomic E-state index is 12.7. The minimum atomic E-state index is -3.65. The summed E-state index contributed by atoms with van der Waals surface area (Å²) < 4.78 is 33.7. The van der Waals surface area contributed by atoms with Crippen LogP contribution in [0.2, 0.25) is 5.02 Å². The van der Waals surface area contributed by atoms with Crippen molar-refractivity contribution in [2.45, 2.75) is 30.3 Å². The molecule has 4 nitrogen and oxygen atoms in total. The highest BCUT2D eigenvalue weighted by Gasteiger charge is 2.38. The van der Waals surface area contributed by atoms with Crippen molar-refractivity contribution in [2.24, 2.45) is 0 Å². The maximum atomic E-state index is 12.7. The number of nitrogens with one attached hydrogen (secondary N) is 1. The Balaban J connectivity index is 1.80. The molecule has 0 bridgehead atoms. The molecule has 2 aromatic carbocycles. The Kier molecular flexibility index (Phi) is 4.71. The van der Waals surface area contributed by atoms with Gasteiger partial charge in [0.25, 0.3) is 0 Å². The Bertz CT molecular complexity index is 839. The molecule has 0 radical (unpaired) electrons. The van der Waals surface area contributed by atoms with Gasteiger partial charge in [-0.25, -0.2) is 13.1 Å². The summed E-state index contributed by atoms with van der Waals surface area (Å²) in [5.41, 5.74) is 2.52. The van der Waals surface area contributed by atoms with Crippen LogP contribution in [0.5, 0.6) is 0 Å². The zero-order chi connectivity index (χ0) is 17.4. The first-order valence-corrected chi connectivity index (χ1v) is 9.59. The average molecular weight is 366 g/mol. The van der Waals surface area contributed by atoms with Crippen molar-refractivity contribution in [2.75, 3.05) is 13.7 Å². The van der Waals surface area contributed by atoms with E-state index in [1.807, 2.05) is 12.1 Å². The maximum Gasteiger partial charge on any atom is 0.240 e. The SMILES string of the molecule is COC1(CNS(=O)(=O)c2cc(Cl)ccc2C)Cc2ccccc2C1. The molecule has 1 aliphatic carbocycles. The molecule has 0 saturated heterocycles. The van der Waals surface area contributed by atoms with Crippen molar-refractivity contribution in [3.8, 4) is 0 Å². The first-order valence-electron chi connectivity index (χ1n) is 7.73. The van der Waals surface area contributed by atoms with Crippen molar-refractivity contribution >= 4 is 21.6 Å². The molecule has 0 saturated carbocycles. The summed E-state index contributed by atoms with van der Waals surface area (Å²) in [6.45, 7) is 1.97. The molecule has 0 atom stereocenters. The Morgan fingerprint density at radius 2 is 1.79 bits per heavy atom. The van der Waals surface area contributed by atoms with Gasteiger partial charge in [-0.15, -0.1) is 0 Å². The second-order valence-electron chi connectivity index (χ2n) is 6.24. The van der Waals surface area contributed by atoms with Gasteiger partial charge in [-0.3, -0.25) is 0 Å². The van der Waals surface area contributed by atoms with Gasteiger partial charge in [0.15, 0.2) is 0 Å². The Labute approximate surface area is 147 Å². The van der Waals surface area contributed by atoms with Crippen LogP contribution in [-0.2, 0) is 27.6 Å². The highest BCUT2D eigenvalue weighted by Crippen LogP contribution is 2.32. The summed E-state index contributed by atoms with van der Waals surface area (Å²) in [6.07, 6.45) is 1.38. The molecule has 1 N–H and O–H groups in total. The molecule has 0 amide bonds. The molecule has 0 aromatic heterocycles. The zero-order valence-corrected chi connectivity index (χ0v) is 15.2. The third kappa shape index (κ3) is 3.35. The lowest BCUT2D eigenvalue weighted by Gasteiger charge is -2.27. The Hall–Kier alpha value is -1.40. The van der Waals surface area contributed by atoms with E-state index in [-0.39, 0.29) is 11.4 Å². The summed E-state index contributed by atoms with van der Waals surface area (Å²) in [4.78, 5) is 0.205. The molecular formula is C18H20ClNO3S. The van der Waals surface area contributed by atoms with Gasteiger partial charge < -0.3 is 4.74 Å². The van der Waals surface area contributed by atoms with E-state index in [0.717, 1.165) is 0 Å². The largest absolute Gasteiger partial charge is 0.376 e. The summed E-state index contributed by atoms with van der Waals surface area (Å²) in [5.74, 6) is 0. The summed E-state index contributed by atoms with van der Waals surface area (Å²) in [6, 6.07) is 13.0. The van der Waals surface area contributed by atoms with Crippen LogP contribution in [0.4, 0.5) is 0 Å².